The van der Waals surface area contributed by atoms with Gasteiger partial charge in [0.1, 0.15) is 5.69 Å². The molecular weight excluding hydrogens is 196 g/mol. The molecule has 1 aromatic heterocycles. The maximum atomic E-state index is 11.3. The third kappa shape index (κ3) is 1.60. The molecule has 0 N–H and O–H groups in total. The van der Waals surface area contributed by atoms with Crippen LogP contribution in [0, 0.1) is 0 Å². The van der Waals surface area contributed by atoms with Gasteiger partial charge in [0, 0.05) is 17.1 Å². The fourth-order valence-corrected chi connectivity index (χ4v) is 0.646. The summed E-state index contributed by atoms with van der Waals surface area (Å²) in [6.45, 7) is -2.87. The zero-order chi connectivity index (χ0) is 11.8. The molecule has 0 atom stereocenters. The fraction of sp³-hybridized carbons (Fsp3) is 0.167. The number of ketones is 1. The Morgan fingerprint density at radius 2 is 2.80 bits per heavy atom. The minimum absolute atomic E-state index is 0.0869. The Hall–Kier alpha value is -0.770. The number of halogens is 1. The quantitative estimate of drug-likeness (QED) is 0.515. The highest BCUT2D eigenvalue weighted by Crippen LogP contribution is 2.01. The summed E-state index contributed by atoms with van der Waals surface area (Å²) < 4.78 is 35.0. The van der Waals surface area contributed by atoms with Crippen LogP contribution < -0.4 is 0 Å². The van der Waals surface area contributed by atoms with Gasteiger partial charge < -0.3 is 0 Å². The Labute approximate surface area is 73.7 Å². The Bertz CT molecular complexity index is 419. The van der Waals surface area contributed by atoms with E-state index in [0.717, 1.165) is 0 Å². The van der Waals surface area contributed by atoms with Crippen molar-refractivity contribution in [1.82, 2.24) is 9.97 Å². The molecule has 0 unspecified atom stereocenters. The third-order valence-electron chi connectivity index (χ3n) is 0.742. The number of hydrogen-bond acceptors (Lipinski definition) is 3. The first-order valence-corrected chi connectivity index (χ1v) is 3.08. The molecule has 0 aliphatic carbocycles. The monoisotopic (exact) mass is 205 g/mol. The molecule has 0 bridgehead atoms. The summed E-state index contributed by atoms with van der Waals surface area (Å²) in [6.07, 6.45) is -0.496. The van der Waals surface area contributed by atoms with E-state index in [4.69, 9.17) is 6.85 Å². The molecule has 0 saturated carbocycles. The first-order valence-electron chi connectivity index (χ1n) is 4.79. The van der Waals surface area contributed by atoms with Gasteiger partial charge >= 0.3 is 0 Å². The number of carbonyl (C=O) groups excluding carboxylic acids is 1. The Kier molecular flexibility index (Phi) is 0.888. The van der Waals surface area contributed by atoms with Gasteiger partial charge in [0.2, 0.25) is 0 Å². The highest BCUT2D eigenvalue weighted by Gasteiger charge is 1.99. The van der Waals surface area contributed by atoms with Crippen molar-refractivity contribution in [3.05, 3.63) is 22.6 Å². The van der Waals surface area contributed by atoms with E-state index in [2.05, 4.69) is 25.9 Å². The minimum Gasteiger partial charge on any atom is -0.293 e. The third-order valence-corrected chi connectivity index (χ3v) is 1.10. The number of nitrogens with zero attached hydrogens (tertiary/aromatic N) is 2. The van der Waals surface area contributed by atoms with Crippen LogP contribution in [0.4, 0.5) is 0 Å². The van der Waals surface area contributed by atoms with Crippen LogP contribution in [0.3, 0.4) is 0 Å². The number of carbonyl (C=O) groups is 1. The number of aromatic nitrogens is 2. The smallest absolute Gasteiger partial charge is 0.197 e. The molecular formula is C6H5BrN2O. The van der Waals surface area contributed by atoms with Gasteiger partial charge in [-0.2, -0.15) is 0 Å². The van der Waals surface area contributed by atoms with Crippen molar-refractivity contribution in [1.29, 1.82) is 0 Å². The van der Waals surface area contributed by atoms with Crippen molar-refractivity contribution in [3.8, 4) is 0 Å². The molecule has 0 fully saturated rings. The summed E-state index contributed by atoms with van der Waals surface area (Å²) in [7, 11) is 0. The van der Waals surface area contributed by atoms with E-state index in [0.29, 0.717) is 0 Å². The second-order valence-electron chi connectivity index (χ2n) is 1.41. The van der Waals surface area contributed by atoms with Gasteiger partial charge in [-0.3, -0.25) is 4.79 Å². The largest absolute Gasteiger partial charge is 0.293 e. The predicted octanol–water partition coefficient (Wildman–Crippen LogP) is 1.44. The molecule has 0 saturated heterocycles. The topological polar surface area (TPSA) is 42.9 Å². The molecule has 1 aromatic rings. The first kappa shape index (κ1) is 3.09. The van der Waals surface area contributed by atoms with Crippen LogP contribution in [0.1, 0.15) is 24.2 Å². The Morgan fingerprint density at radius 1 is 2.00 bits per heavy atom. The second kappa shape index (κ2) is 2.88. The molecule has 0 aliphatic rings. The fourth-order valence-electron chi connectivity index (χ4n) is 0.380. The average molecular weight is 206 g/mol. The van der Waals surface area contributed by atoms with Crippen LogP contribution in [0.5, 0.6) is 0 Å². The van der Waals surface area contributed by atoms with Gasteiger partial charge in [0.25, 0.3) is 0 Å². The van der Waals surface area contributed by atoms with E-state index < -0.39 is 30.5 Å². The Morgan fingerprint density at radius 3 is 3.50 bits per heavy atom. The molecule has 1 heterocycles. The SMILES string of the molecule is [2H]c1nc(Br)nc(C(=O)C([2H])([2H])[2H])c1[2H]. The maximum absolute atomic E-state index is 11.3. The summed E-state index contributed by atoms with van der Waals surface area (Å²) in [6, 6.07) is -0.584. The summed E-state index contributed by atoms with van der Waals surface area (Å²) in [5, 5.41) is 0. The van der Waals surface area contributed by atoms with E-state index in [1.54, 1.807) is 0 Å². The second-order valence-corrected chi connectivity index (χ2v) is 2.12. The lowest BCUT2D eigenvalue weighted by Crippen LogP contribution is -1.96. The lowest BCUT2D eigenvalue weighted by molar-refractivity contribution is 0.101. The van der Waals surface area contributed by atoms with Crippen molar-refractivity contribution < 1.29 is 11.6 Å². The van der Waals surface area contributed by atoms with Gasteiger partial charge in [-0.05, 0) is 22.0 Å². The van der Waals surface area contributed by atoms with E-state index >= 15 is 0 Å². The molecule has 10 heavy (non-hydrogen) atoms. The highest BCUT2D eigenvalue weighted by molar-refractivity contribution is 9.10. The van der Waals surface area contributed by atoms with Crippen molar-refractivity contribution >= 4 is 21.7 Å². The minimum atomic E-state index is -2.87. The maximum Gasteiger partial charge on any atom is 0.197 e. The van der Waals surface area contributed by atoms with Crippen LogP contribution in [0.15, 0.2) is 16.9 Å². The predicted molar refractivity (Wildman–Crippen MR) is 39.7 cm³/mol. The lowest BCUT2D eigenvalue weighted by Gasteiger charge is -1.91. The van der Waals surface area contributed by atoms with E-state index in [1.807, 2.05) is 0 Å². The molecule has 0 amide bonds. The van der Waals surface area contributed by atoms with Crippen molar-refractivity contribution in [2.24, 2.45) is 0 Å². The van der Waals surface area contributed by atoms with E-state index in [9.17, 15) is 4.79 Å². The number of Topliss-reactive ketones (excluding diaryl/α,β-unsaturated/α-hetero) is 1. The molecule has 52 valence electrons. The van der Waals surface area contributed by atoms with Crippen LogP contribution in [0.25, 0.3) is 0 Å². The van der Waals surface area contributed by atoms with Gasteiger partial charge in [-0.25, -0.2) is 9.97 Å². The summed E-state index contributed by atoms with van der Waals surface area (Å²) in [5.74, 6) is -1.26. The van der Waals surface area contributed by atoms with Gasteiger partial charge in [-0.1, -0.05) is 0 Å². The van der Waals surface area contributed by atoms with Crippen molar-refractivity contribution in [2.75, 3.05) is 0 Å². The highest BCUT2D eigenvalue weighted by atomic mass is 79.9. The van der Waals surface area contributed by atoms with Crippen molar-refractivity contribution in [3.63, 3.8) is 0 Å². The van der Waals surface area contributed by atoms with Crippen LogP contribution in [-0.2, 0) is 0 Å². The van der Waals surface area contributed by atoms with Gasteiger partial charge in [0.15, 0.2) is 10.5 Å². The van der Waals surface area contributed by atoms with Gasteiger partial charge in [-0.15, -0.1) is 0 Å². The molecule has 0 aromatic carbocycles. The molecule has 0 spiro atoms. The van der Waals surface area contributed by atoms with E-state index in [-0.39, 0.29) is 4.73 Å². The summed E-state index contributed by atoms with van der Waals surface area (Å²) >= 11 is 2.82. The normalized spacial score (nSPS) is 17.9. The first-order chi connectivity index (χ1) is 6.73. The number of rotatable bonds is 1. The van der Waals surface area contributed by atoms with E-state index in [1.165, 1.54) is 0 Å². The van der Waals surface area contributed by atoms with Crippen molar-refractivity contribution in [2.45, 2.75) is 6.85 Å². The standard InChI is InChI=1S/C6H5BrN2O/c1-4(10)5-2-3-8-6(7)9-5/h2-3H,1H3/i1D3,2D,3D. The molecule has 0 aliphatic heterocycles. The molecule has 4 heteroatoms. The van der Waals surface area contributed by atoms with Crippen LogP contribution in [0.2, 0.25) is 0 Å². The summed E-state index contributed by atoms with van der Waals surface area (Å²) in [5.41, 5.74) is -0.568. The number of hydrogen-bond donors (Lipinski definition) is 0. The van der Waals surface area contributed by atoms with Gasteiger partial charge in [0.05, 0.1) is 2.74 Å². The van der Waals surface area contributed by atoms with Crippen LogP contribution >= 0.6 is 15.9 Å². The lowest BCUT2D eigenvalue weighted by atomic mass is 10.3. The summed E-state index contributed by atoms with van der Waals surface area (Å²) in [4.78, 5) is 18.3. The zero-order valence-corrected chi connectivity index (χ0v) is 6.27. The molecule has 0 radical (unpaired) electrons. The van der Waals surface area contributed by atoms with Crippen LogP contribution in [-0.4, -0.2) is 15.8 Å². The average Bonchev–Trinajstić information content (AvgIpc) is 2.08. The Balaban J connectivity index is 3.32. The zero-order valence-electron chi connectivity index (χ0n) is 9.68. The molecule has 1 rings (SSSR count). The molecule has 3 nitrogen and oxygen atoms in total.